The summed E-state index contributed by atoms with van der Waals surface area (Å²) >= 11 is 0. The second-order valence-corrected chi connectivity index (χ2v) is 5.82. The molecular weight excluding hydrogens is 304 g/mol. The summed E-state index contributed by atoms with van der Waals surface area (Å²) in [6.45, 7) is 3.72. The minimum absolute atomic E-state index is 0.00765. The van der Waals surface area contributed by atoms with Gasteiger partial charge in [-0.2, -0.15) is 0 Å². The summed E-state index contributed by atoms with van der Waals surface area (Å²) in [5.41, 5.74) is 1.87. The van der Waals surface area contributed by atoms with Gasteiger partial charge >= 0.3 is 0 Å². The third kappa shape index (κ3) is 3.63. The topological polar surface area (TPSA) is 58.6 Å². The molecule has 1 N–H and O–H groups in total. The molecule has 2 amide bonds. The zero-order valence-electron chi connectivity index (χ0n) is 13.6. The third-order valence-corrected chi connectivity index (χ3v) is 4.05. The molecule has 5 nitrogen and oxygen atoms in total. The Labute approximate surface area is 141 Å². The van der Waals surface area contributed by atoms with Crippen LogP contribution in [0.25, 0.3) is 0 Å². The van der Waals surface area contributed by atoms with Crippen LogP contribution in [0.2, 0.25) is 0 Å². The van der Waals surface area contributed by atoms with E-state index in [1.165, 1.54) is 0 Å². The number of anilines is 1. The maximum Gasteiger partial charge on any atom is 0.255 e. The molecule has 0 bridgehead atoms. The molecule has 1 heterocycles. The lowest BCUT2D eigenvalue weighted by atomic mass is 10.1. The van der Waals surface area contributed by atoms with Gasteiger partial charge in [0.15, 0.2) is 0 Å². The quantitative estimate of drug-likeness (QED) is 0.944. The standard InChI is InChI=1S/C19H20N2O3/c1-14-13-24-12-11-21(14)19(23)16-7-9-17(10-8-16)20-18(22)15-5-3-2-4-6-15/h2-10,14H,11-13H2,1H3,(H,20,22). The monoisotopic (exact) mass is 324 g/mol. The highest BCUT2D eigenvalue weighted by molar-refractivity contribution is 6.04. The summed E-state index contributed by atoms with van der Waals surface area (Å²) in [7, 11) is 0. The third-order valence-electron chi connectivity index (χ3n) is 4.05. The number of rotatable bonds is 3. The first-order valence-electron chi connectivity index (χ1n) is 8.00. The predicted molar refractivity (Wildman–Crippen MR) is 92.2 cm³/mol. The fourth-order valence-electron chi connectivity index (χ4n) is 2.68. The Morgan fingerprint density at radius 1 is 1.04 bits per heavy atom. The highest BCUT2D eigenvalue weighted by atomic mass is 16.5. The number of benzene rings is 2. The molecular formula is C19H20N2O3. The maximum atomic E-state index is 12.5. The van der Waals surface area contributed by atoms with E-state index in [1.807, 2.05) is 30.0 Å². The van der Waals surface area contributed by atoms with Crippen molar-refractivity contribution in [2.24, 2.45) is 0 Å². The lowest BCUT2D eigenvalue weighted by molar-refractivity contribution is 0.00359. The van der Waals surface area contributed by atoms with Crippen LogP contribution in [0.3, 0.4) is 0 Å². The molecule has 2 aromatic rings. The van der Waals surface area contributed by atoms with Crippen molar-refractivity contribution < 1.29 is 14.3 Å². The summed E-state index contributed by atoms with van der Waals surface area (Å²) in [5.74, 6) is -0.178. The van der Waals surface area contributed by atoms with Crippen LogP contribution in [0, 0.1) is 0 Å². The van der Waals surface area contributed by atoms with Crippen molar-refractivity contribution in [2.45, 2.75) is 13.0 Å². The number of nitrogens with zero attached hydrogens (tertiary/aromatic N) is 1. The molecule has 0 aliphatic carbocycles. The van der Waals surface area contributed by atoms with E-state index < -0.39 is 0 Å². The first kappa shape index (κ1) is 16.2. The molecule has 124 valence electrons. The van der Waals surface area contributed by atoms with Crippen molar-refractivity contribution in [3.63, 3.8) is 0 Å². The number of hydrogen-bond acceptors (Lipinski definition) is 3. The average Bonchev–Trinajstić information content (AvgIpc) is 2.63. The Morgan fingerprint density at radius 2 is 1.75 bits per heavy atom. The summed E-state index contributed by atoms with van der Waals surface area (Å²) in [6, 6.07) is 16.1. The van der Waals surface area contributed by atoms with Crippen LogP contribution in [-0.4, -0.2) is 42.5 Å². The lowest BCUT2D eigenvalue weighted by Crippen LogP contribution is -2.47. The molecule has 1 saturated heterocycles. The van der Waals surface area contributed by atoms with Gasteiger partial charge in [0.2, 0.25) is 0 Å². The highest BCUT2D eigenvalue weighted by Gasteiger charge is 2.24. The van der Waals surface area contributed by atoms with Crippen LogP contribution in [0.1, 0.15) is 27.6 Å². The van der Waals surface area contributed by atoms with E-state index in [-0.39, 0.29) is 17.9 Å². The molecule has 24 heavy (non-hydrogen) atoms. The van der Waals surface area contributed by atoms with Gasteiger partial charge in [-0.05, 0) is 43.3 Å². The SMILES string of the molecule is CC1COCCN1C(=O)c1ccc(NC(=O)c2ccccc2)cc1. The Morgan fingerprint density at radius 3 is 2.42 bits per heavy atom. The summed E-state index contributed by atoms with van der Waals surface area (Å²) in [6.07, 6.45) is 0. The second-order valence-electron chi connectivity index (χ2n) is 5.82. The molecule has 2 aromatic carbocycles. The van der Waals surface area contributed by atoms with Crippen molar-refractivity contribution >= 4 is 17.5 Å². The molecule has 1 aliphatic heterocycles. The summed E-state index contributed by atoms with van der Waals surface area (Å²) in [5, 5.41) is 2.83. The van der Waals surface area contributed by atoms with E-state index in [4.69, 9.17) is 4.74 Å². The Balaban J connectivity index is 1.67. The Bertz CT molecular complexity index is 713. The average molecular weight is 324 g/mol. The molecule has 1 unspecified atom stereocenters. The Kier molecular flexibility index (Phi) is 4.91. The van der Waals surface area contributed by atoms with Gasteiger partial charge in [-0.15, -0.1) is 0 Å². The first-order chi connectivity index (χ1) is 11.6. The molecule has 0 spiro atoms. The minimum Gasteiger partial charge on any atom is -0.377 e. The maximum absolute atomic E-state index is 12.5. The second kappa shape index (κ2) is 7.27. The van der Waals surface area contributed by atoms with E-state index in [0.717, 1.165) is 0 Å². The van der Waals surface area contributed by atoms with Crippen molar-refractivity contribution in [2.75, 3.05) is 25.1 Å². The van der Waals surface area contributed by atoms with Crippen molar-refractivity contribution in [1.82, 2.24) is 4.90 Å². The minimum atomic E-state index is -0.170. The highest BCUT2D eigenvalue weighted by Crippen LogP contribution is 2.16. The van der Waals surface area contributed by atoms with Crippen LogP contribution < -0.4 is 5.32 Å². The van der Waals surface area contributed by atoms with Gasteiger partial charge in [0, 0.05) is 23.4 Å². The van der Waals surface area contributed by atoms with Gasteiger partial charge in [-0.3, -0.25) is 9.59 Å². The number of amides is 2. The van der Waals surface area contributed by atoms with Crippen molar-refractivity contribution in [3.05, 3.63) is 65.7 Å². The number of carbonyl (C=O) groups excluding carboxylic acids is 2. The number of morpholine rings is 1. The van der Waals surface area contributed by atoms with Crippen molar-refractivity contribution in [1.29, 1.82) is 0 Å². The number of ether oxygens (including phenoxy) is 1. The molecule has 3 rings (SSSR count). The number of carbonyl (C=O) groups is 2. The van der Waals surface area contributed by atoms with E-state index in [2.05, 4.69) is 5.32 Å². The smallest absolute Gasteiger partial charge is 0.255 e. The molecule has 5 heteroatoms. The first-order valence-corrected chi connectivity index (χ1v) is 8.00. The fourth-order valence-corrected chi connectivity index (χ4v) is 2.68. The zero-order valence-corrected chi connectivity index (χ0v) is 13.6. The van der Waals surface area contributed by atoms with Gasteiger partial charge in [-0.1, -0.05) is 18.2 Å². The van der Waals surface area contributed by atoms with Gasteiger partial charge in [0.05, 0.1) is 19.3 Å². The predicted octanol–water partition coefficient (Wildman–Crippen LogP) is 2.80. The van der Waals surface area contributed by atoms with Crippen LogP contribution in [0.4, 0.5) is 5.69 Å². The van der Waals surface area contributed by atoms with E-state index in [9.17, 15) is 9.59 Å². The number of hydrogen-bond donors (Lipinski definition) is 1. The molecule has 0 radical (unpaired) electrons. The van der Waals surface area contributed by atoms with Crippen LogP contribution in [0.15, 0.2) is 54.6 Å². The molecule has 0 saturated carbocycles. The largest absolute Gasteiger partial charge is 0.377 e. The fraction of sp³-hybridized carbons (Fsp3) is 0.263. The van der Waals surface area contributed by atoms with Gasteiger partial charge in [0.25, 0.3) is 11.8 Å². The summed E-state index contributed by atoms with van der Waals surface area (Å²) < 4.78 is 5.36. The Hall–Kier alpha value is -2.66. The van der Waals surface area contributed by atoms with E-state index >= 15 is 0 Å². The molecule has 1 fully saturated rings. The van der Waals surface area contributed by atoms with E-state index in [1.54, 1.807) is 36.4 Å². The van der Waals surface area contributed by atoms with Gasteiger partial charge in [-0.25, -0.2) is 0 Å². The molecule has 1 atom stereocenters. The van der Waals surface area contributed by atoms with Crippen LogP contribution >= 0.6 is 0 Å². The van der Waals surface area contributed by atoms with Gasteiger partial charge < -0.3 is 15.0 Å². The van der Waals surface area contributed by atoms with Gasteiger partial charge in [0.1, 0.15) is 0 Å². The number of nitrogens with one attached hydrogen (secondary N) is 1. The summed E-state index contributed by atoms with van der Waals surface area (Å²) in [4.78, 5) is 26.5. The normalized spacial score (nSPS) is 17.4. The van der Waals surface area contributed by atoms with Crippen LogP contribution in [0.5, 0.6) is 0 Å². The molecule has 1 aliphatic rings. The van der Waals surface area contributed by atoms with Crippen LogP contribution in [-0.2, 0) is 4.74 Å². The van der Waals surface area contributed by atoms with Crippen molar-refractivity contribution in [3.8, 4) is 0 Å². The lowest BCUT2D eigenvalue weighted by Gasteiger charge is -2.33. The molecule has 0 aromatic heterocycles. The zero-order chi connectivity index (χ0) is 16.9. The van der Waals surface area contributed by atoms with E-state index in [0.29, 0.717) is 36.6 Å².